The minimum Gasteiger partial charge on any atom is -0.353 e. The van der Waals surface area contributed by atoms with Crippen LogP contribution in [0.15, 0.2) is 0 Å². The highest BCUT2D eigenvalue weighted by Crippen LogP contribution is 1.95. The standard InChI is InChI=1S/C6H14O2.C6H14/c1-4-7-6(3)8-5-2;1-3-5-6-4-2/h6H,4-5H2,1-3H3;3-6H2,1-2H3. The molecule has 2 heteroatoms. The fourth-order valence-corrected chi connectivity index (χ4v) is 1.02. The lowest BCUT2D eigenvalue weighted by atomic mass is 10.2. The maximum absolute atomic E-state index is 5.06. The zero-order valence-corrected chi connectivity index (χ0v) is 10.6. The summed E-state index contributed by atoms with van der Waals surface area (Å²) in [6, 6.07) is 0. The van der Waals surface area contributed by atoms with Gasteiger partial charge >= 0.3 is 0 Å². The predicted octanol–water partition coefficient (Wildman–Crippen LogP) is 3.99. The van der Waals surface area contributed by atoms with E-state index in [1.165, 1.54) is 25.7 Å². The molecule has 0 amide bonds. The highest BCUT2D eigenvalue weighted by atomic mass is 16.7. The first-order valence-corrected chi connectivity index (χ1v) is 5.95. The van der Waals surface area contributed by atoms with Gasteiger partial charge in [0.05, 0.1) is 0 Å². The molecule has 0 saturated carbocycles. The summed E-state index contributed by atoms with van der Waals surface area (Å²) >= 11 is 0. The molecule has 0 bridgehead atoms. The largest absolute Gasteiger partial charge is 0.353 e. The summed E-state index contributed by atoms with van der Waals surface area (Å²) in [6.45, 7) is 11.7. The molecule has 0 fully saturated rings. The van der Waals surface area contributed by atoms with Crippen molar-refractivity contribution in [3.05, 3.63) is 0 Å². The minimum absolute atomic E-state index is 0.0370. The van der Waals surface area contributed by atoms with Crippen molar-refractivity contribution in [3.8, 4) is 0 Å². The molecule has 0 aliphatic heterocycles. The predicted molar refractivity (Wildman–Crippen MR) is 62.5 cm³/mol. The Morgan fingerprint density at radius 2 is 1.14 bits per heavy atom. The Labute approximate surface area is 90.0 Å². The second kappa shape index (κ2) is 15.4. The van der Waals surface area contributed by atoms with Gasteiger partial charge in [-0.2, -0.15) is 0 Å². The molecule has 0 atom stereocenters. The highest BCUT2D eigenvalue weighted by molar-refractivity contribution is 4.31. The Bertz CT molecular complexity index is 74.4. The molecule has 0 aromatic rings. The van der Waals surface area contributed by atoms with Crippen molar-refractivity contribution < 1.29 is 9.47 Å². The van der Waals surface area contributed by atoms with Crippen molar-refractivity contribution in [3.63, 3.8) is 0 Å². The normalized spacial score (nSPS) is 9.86. The number of unbranched alkanes of at least 4 members (excludes halogenated alkanes) is 3. The second-order valence-corrected chi connectivity index (χ2v) is 3.19. The van der Waals surface area contributed by atoms with Crippen LogP contribution in [0.3, 0.4) is 0 Å². The van der Waals surface area contributed by atoms with Crippen molar-refractivity contribution in [2.75, 3.05) is 13.2 Å². The molecule has 0 heterocycles. The summed E-state index contributed by atoms with van der Waals surface area (Å²) < 4.78 is 10.1. The van der Waals surface area contributed by atoms with Crippen molar-refractivity contribution >= 4 is 0 Å². The quantitative estimate of drug-likeness (QED) is 0.461. The molecule has 14 heavy (non-hydrogen) atoms. The lowest BCUT2D eigenvalue weighted by molar-refractivity contribution is -0.123. The van der Waals surface area contributed by atoms with E-state index in [2.05, 4.69) is 13.8 Å². The Balaban J connectivity index is 0. The smallest absolute Gasteiger partial charge is 0.154 e. The van der Waals surface area contributed by atoms with Gasteiger partial charge in [-0.15, -0.1) is 0 Å². The molecule has 0 aliphatic carbocycles. The SMILES string of the molecule is CCCCCC.CCOC(C)OCC. The third-order valence-electron chi connectivity index (χ3n) is 1.76. The van der Waals surface area contributed by atoms with Crippen LogP contribution >= 0.6 is 0 Å². The van der Waals surface area contributed by atoms with Gasteiger partial charge < -0.3 is 9.47 Å². The summed E-state index contributed by atoms with van der Waals surface area (Å²) in [5.41, 5.74) is 0. The van der Waals surface area contributed by atoms with Gasteiger partial charge in [0.1, 0.15) is 0 Å². The molecule has 0 aromatic carbocycles. The fraction of sp³-hybridized carbons (Fsp3) is 1.00. The van der Waals surface area contributed by atoms with Gasteiger partial charge in [-0.3, -0.25) is 0 Å². The maximum atomic E-state index is 5.06. The fourth-order valence-electron chi connectivity index (χ4n) is 1.02. The lowest BCUT2D eigenvalue weighted by Gasteiger charge is -2.09. The Kier molecular flexibility index (Phi) is 18.0. The van der Waals surface area contributed by atoms with E-state index in [1.807, 2.05) is 20.8 Å². The summed E-state index contributed by atoms with van der Waals surface area (Å²) in [6.07, 6.45) is 5.50. The molecule has 2 nitrogen and oxygen atoms in total. The average molecular weight is 204 g/mol. The zero-order valence-electron chi connectivity index (χ0n) is 10.6. The summed E-state index contributed by atoms with van der Waals surface area (Å²) in [5, 5.41) is 0. The van der Waals surface area contributed by atoms with Gasteiger partial charge in [-0.25, -0.2) is 0 Å². The summed E-state index contributed by atoms with van der Waals surface area (Å²) in [7, 11) is 0. The third kappa shape index (κ3) is 17.9. The highest BCUT2D eigenvalue weighted by Gasteiger charge is 1.94. The monoisotopic (exact) mass is 204 g/mol. The maximum Gasteiger partial charge on any atom is 0.154 e. The van der Waals surface area contributed by atoms with Crippen LogP contribution in [0.1, 0.15) is 60.3 Å². The van der Waals surface area contributed by atoms with Gasteiger partial charge in [0.15, 0.2) is 6.29 Å². The number of hydrogen-bond donors (Lipinski definition) is 0. The summed E-state index contributed by atoms with van der Waals surface area (Å²) in [5.74, 6) is 0. The van der Waals surface area contributed by atoms with E-state index in [9.17, 15) is 0 Å². The molecule has 0 N–H and O–H groups in total. The molecule has 0 aliphatic rings. The zero-order chi connectivity index (χ0) is 11.2. The minimum atomic E-state index is -0.0370. The van der Waals surface area contributed by atoms with Crippen LogP contribution in [0.4, 0.5) is 0 Å². The van der Waals surface area contributed by atoms with Crippen LogP contribution in [-0.4, -0.2) is 19.5 Å². The lowest BCUT2D eigenvalue weighted by Crippen LogP contribution is -2.11. The average Bonchev–Trinajstić information content (AvgIpc) is 2.16. The molecular formula is C12H28O2. The van der Waals surface area contributed by atoms with Gasteiger partial charge in [0.2, 0.25) is 0 Å². The Morgan fingerprint density at radius 3 is 1.36 bits per heavy atom. The van der Waals surface area contributed by atoms with E-state index in [-0.39, 0.29) is 6.29 Å². The molecule has 0 saturated heterocycles. The van der Waals surface area contributed by atoms with Crippen molar-refractivity contribution in [2.45, 2.75) is 66.6 Å². The van der Waals surface area contributed by atoms with E-state index in [0.29, 0.717) is 0 Å². The van der Waals surface area contributed by atoms with Gasteiger partial charge in [-0.05, 0) is 20.8 Å². The van der Waals surface area contributed by atoms with Crippen LogP contribution in [0.25, 0.3) is 0 Å². The van der Waals surface area contributed by atoms with Crippen LogP contribution in [-0.2, 0) is 9.47 Å². The van der Waals surface area contributed by atoms with Crippen molar-refractivity contribution in [1.82, 2.24) is 0 Å². The van der Waals surface area contributed by atoms with E-state index in [0.717, 1.165) is 13.2 Å². The van der Waals surface area contributed by atoms with Crippen LogP contribution in [0.2, 0.25) is 0 Å². The first-order chi connectivity index (χ1) is 6.72. The molecule has 0 aromatic heterocycles. The van der Waals surface area contributed by atoms with Crippen LogP contribution < -0.4 is 0 Å². The third-order valence-corrected chi connectivity index (χ3v) is 1.76. The van der Waals surface area contributed by atoms with Crippen molar-refractivity contribution in [1.29, 1.82) is 0 Å². The molecule has 0 unspecified atom stereocenters. The van der Waals surface area contributed by atoms with Gasteiger partial charge in [0.25, 0.3) is 0 Å². The van der Waals surface area contributed by atoms with Crippen LogP contribution in [0.5, 0.6) is 0 Å². The van der Waals surface area contributed by atoms with E-state index in [4.69, 9.17) is 9.47 Å². The van der Waals surface area contributed by atoms with Crippen molar-refractivity contribution in [2.24, 2.45) is 0 Å². The van der Waals surface area contributed by atoms with Gasteiger partial charge in [-0.1, -0.05) is 39.5 Å². The molecular weight excluding hydrogens is 176 g/mol. The van der Waals surface area contributed by atoms with Crippen LogP contribution in [0, 0.1) is 0 Å². The number of hydrogen-bond acceptors (Lipinski definition) is 2. The molecule has 0 spiro atoms. The molecule has 88 valence electrons. The first kappa shape index (κ1) is 16.4. The molecule has 0 radical (unpaired) electrons. The number of rotatable bonds is 7. The van der Waals surface area contributed by atoms with E-state index in [1.54, 1.807) is 0 Å². The van der Waals surface area contributed by atoms with E-state index < -0.39 is 0 Å². The Morgan fingerprint density at radius 1 is 0.786 bits per heavy atom. The molecule has 0 rings (SSSR count). The topological polar surface area (TPSA) is 18.5 Å². The Hall–Kier alpha value is -0.0800. The van der Waals surface area contributed by atoms with Gasteiger partial charge in [0, 0.05) is 13.2 Å². The second-order valence-electron chi connectivity index (χ2n) is 3.19. The van der Waals surface area contributed by atoms with E-state index >= 15 is 0 Å². The number of ether oxygens (including phenoxy) is 2. The summed E-state index contributed by atoms with van der Waals surface area (Å²) in [4.78, 5) is 0. The first-order valence-electron chi connectivity index (χ1n) is 5.95.